The number of amides is 1. The van der Waals surface area contributed by atoms with Crippen molar-refractivity contribution in [1.82, 2.24) is 15.2 Å². The fourth-order valence-corrected chi connectivity index (χ4v) is 1.63. The summed E-state index contributed by atoms with van der Waals surface area (Å²) in [5, 5.41) is 9.93. The Bertz CT molecular complexity index is 527. The number of hydrogen-bond donors (Lipinski definition) is 3. The smallest absolute Gasteiger partial charge is 0.273 e. The Morgan fingerprint density at radius 2 is 2.24 bits per heavy atom. The second-order valence-electron chi connectivity index (χ2n) is 3.43. The molecule has 2 aromatic heterocycles. The standard InChI is InChI=1S/C10H10Cl2N4O/c1-2-5-3-8(16-15-5)14-10(17)7-4-6(11)9(12)13-7/h3-4,13H,2H2,1H3,(H2,14,15,16,17). The number of aryl methyl sites for hydroxylation is 1. The van der Waals surface area contributed by atoms with E-state index in [-0.39, 0.29) is 11.1 Å². The van der Waals surface area contributed by atoms with Gasteiger partial charge in [0.2, 0.25) is 0 Å². The predicted octanol–water partition coefficient (Wildman–Crippen LogP) is 2.86. The molecule has 0 aromatic carbocycles. The van der Waals surface area contributed by atoms with Gasteiger partial charge in [-0.1, -0.05) is 30.1 Å². The van der Waals surface area contributed by atoms with Gasteiger partial charge in [0.25, 0.3) is 5.91 Å². The van der Waals surface area contributed by atoms with Gasteiger partial charge in [-0.2, -0.15) is 5.10 Å². The van der Waals surface area contributed by atoms with Gasteiger partial charge in [-0.25, -0.2) is 0 Å². The lowest BCUT2D eigenvalue weighted by molar-refractivity contribution is 0.102. The first-order valence-corrected chi connectivity index (χ1v) is 5.75. The average Bonchev–Trinajstić information content (AvgIpc) is 2.87. The van der Waals surface area contributed by atoms with Crippen LogP contribution in [0.25, 0.3) is 0 Å². The lowest BCUT2D eigenvalue weighted by atomic mass is 10.3. The van der Waals surface area contributed by atoms with Crippen LogP contribution in [0.2, 0.25) is 10.2 Å². The third-order valence-corrected chi connectivity index (χ3v) is 2.92. The lowest BCUT2D eigenvalue weighted by Crippen LogP contribution is -2.12. The van der Waals surface area contributed by atoms with Crippen molar-refractivity contribution < 1.29 is 4.79 Å². The van der Waals surface area contributed by atoms with Gasteiger partial charge in [-0.05, 0) is 12.5 Å². The van der Waals surface area contributed by atoms with Crippen molar-refractivity contribution in [3.8, 4) is 0 Å². The van der Waals surface area contributed by atoms with Crippen molar-refractivity contribution in [3.63, 3.8) is 0 Å². The van der Waals surface area contributed by atoms with Crippen LogP contribution in [0.15, 0.2) is 12.1 Å². The number of hydrogen-bond acceptors (Lipinski definition) is 2. The largest absolute Gasteiger partial charge is 0.340 e. The Labute approximate surface area is 108 Å². The van der Waals surface area contributed by atoms with E-state index in [1.54, 1.807) is 6.07 Å². The maximum Gasteiger partial charge on any atom is 0.273 e. The zero-order valence-electron chi connectivity index (χ0n) is 8.97. The summed E-state index contributed by atoms with van der Waals surface area (Å²) in [5.74, 6) is 0.127. The van der Waals surface area contributed by atoms with Gasteiger partial charge in [0.15, 0.2) is 5.82 Å². The van der Waals surface area contributed by atoms with Gasteiger partial charge in [0, 0.05) is 11.8 Å². The van der Waals surface area contributed by atoms with Crippen molar-refractivity contribution >= 4 is 34.9 Å². The molecular formula is C10H10Cl2N4O. The van der Waals surface area contributed by atoms with Crippen LogP contribution in [-0.2, 0) is 6.42 Å². The number of carbonyl (C=O) groups excluding carboxylic acids is 1. The number of aromatic nitrogens is 3. The molecule has 7 heteroatoms. The van der Waals surface area contributed by atoms with Crippen molar-refractivity contribution in [1.29, 1.82) is 0 Å². The van der Waals surface area contributed by atoms with Crippen LogP contribution < -0.4 is 5.32 Å². The van der Waals surface area contributed by atoms with Crippen LogP contribution in [0.1, 0.15) is 23.1 Å². The molecule has 5 nitrogen and oxygen atoms in total. The van der Waals surface area contributed by atoms with E-state index in [1.165, 1.54) is 6.07 Å². The predicted molar refractivity (Wildman–Crippen MR) is 66.7 cm³/mol. The number of rotatable bonds is 3. The summed E-state index contributed by atoms with van der Waals surface area (Å²) < 4.78 is 0. The molecule has 3 N–H and O–H groups in total. The maximum atomic E-state index is 11.8. The van der Waals surface area contributed by atoms with E-state index >= 15 is 0 Å². The molecular weight excluding hydrogens is 263 g/mol. The number of anilines is 1. The number of carbonyl (C=O) groups is 1. The van der Waals surface area contributed by atoms with Crippen molar-refractivity contribution in [3.05, 3.63) is 33.7 Å². The fourth-order valence-electron chi connectivity index (χ4n) is 1.32. The zero-order valence-corrected chi connectivity index (χ0v) is 10.5. The normalized spacial score (nSPS) is 10.5. The summed E-state index contributed by atoms with van der Waals surface area (Å²) >= 11 is 11.5. The molecule has 0 bridgehead atoms. The first-order valence-electron chi connectivity index (χ1n) is 4.99. The topological polar surface area (TPSA) is 73.6 Å². The summed E-state index contributed by atoms with van der Waals surface area (Å²) in [6.07, 6.45) is 0.822. The summed E-state index contributed by atoms with van der Waals surface area (Å²) in [6, 6.07) is 3.23. The van der Waals surface area contributed by atoms with Crippen molar-refractivity contribution in [2.75, 3.05) is 5.32 Å². The molecule has 0 spiro atoms. The average molecular weight is 273 g/mol. The summed E-state index contributed by atoms with van der Waals surface area (Å²) in [5.41, 5.74) is 1.24. The molecule has 17 heavy (non-hydrogen) atoms. The van der Waals surface area contributed by atoms with E-state index in [0.717, 1.165) is 12.1 Å². The fraction of sp³-hybridized carbons (Fsp3) is 0.200. The first kappa shape index (κ1) is 12.0. The number of nitrogens with one attached hydrogen (secondary N) is 3. The third kappa shape index (κ3) is 2.62. The molecule has 0 saturated heterocycles. The number of halogens is 2. The van der Waals surface area contributed by atoms with Gasteiger partial charge in [-0.15, -0.1) is 0 Å². The molecule has 0 unspecified atom stereocenters. The second kappa shape index (κ2) is 4.81. The van der Waals surface area contributed by atoms with Gasteiger partial charge < -0.3 is 10.3 Å². The molecule has 90 valence electrons. The first-order chi connectivity index (χ1) is 8.10. The molecule has 0 aliphatic heterocycles. The van der Waals surface area contributed by atoms with E-state index in [2.05, 4.69) is 20.5 Å². The lowest BCUT2D eigenvalue weighted by Gasteiger charge is -1.97. The highest BCUT2D eigenvalue weighted by atomic mass is 35.5. The van der Waals surface area contributed by atoms with Crippen molar-refractivity contribution in [2.45, 2.75) is 13.3 Å². The van der Waals surface area contributed by atoms with Crippen LogP contribution in [0.3, 0.4) is 0 Å². The molecule has 2 heterocycles. The van der Waals surface area contributed by atoms with E-state index in [1.807, 2.05) is 6.92 Å². The zero-order chi connectivity index (χ0) is 12.4. The molecule has 2 aromatic rings. The monoisotopic (exact) mass is 272 g/mol. The molecule has 0 fully saturated rings. The molecule has 0 aliphatic rings. The Kier molecular flexibility index (Phi) is 3.40. The minimum atomic E-state index is -0.340. The third-order valence-electron chi connectivity index (χ3n) is 2.22. The van der Waals surface area contributed by atoms with Crippen molar-refractivity contribution in [2.24, 2.45) is 0 Å². The van der Waals surface area contributed by atoms with Crippen LogP contribution in [0, 0.1) is 0 Å². The van der Waals surface area contributed by atoms with E-state index in [0.29, 0.717) is 16.5 Å². The summed E-state index contributed by atoms with van der Waals surface area (Å²) in [6.45, 7) is 1.99. The quantitative estimate of drug-likeness (QED) is 0.804. The minimum absolute atomic E-state index is 0.244. The second-order valence-corrected chi connectivity index (χ2v) is 4.22. The van der Waals surface area contributed by atoms with E-state index < -0.39 is 0 Å². The SMILES string of the molecule is CCc1cc(NC(=O)c2cc(Cl)c(Cl)[nH]2)n[nH]1. The summed E-state index contributed by atoms with van der Waals surface area (Å²) in [7, 11) is 0. The van der Waals surface area contributed by atoms with Gasteiger partial charge >= 0.3 is 0 Å². The Morgan fingerprint density at radius 1 is 1.47 bits per heavy atom. The van der Waals surface area contributed by atoms with Gasteiger partial charge in [-0.3, -0.25) is 9.89 Å². The van der Waals surface area contributed by atoms with E-state index in [9.17, 15) is 4.79 Å². The highest BCUT2D eigenvalue weighted by Crippen LogP contribution is 2.22. The summed E-state index contributed by atoms with van der Waals surface area (Å²) in [4.78, 5) is 14.4. The Morgan fingerprint density at radius 3 is 2.76 bits per heavy atom. The highest BCUT2D eigenvalue weighted by Gasteiger charge is 2.12. The van der Waals surface area contributed by atoms with Crippen LogP contribution in [0.5, 0.6) is 0 Å². The maximum absolute atomic E-state index is 11.8. The molecule has 0 saturated carbocycles. The minimum Gasteiger partial charge on any atom is -0.340 e. The highest BCUT2D eigenvalue weighted by molar-refractivity contribution is 6.41. The van der Waals surface area contributed by atoms with Crippen LogP contribution >= 0.6 is 23.2 Å². The molecule has 0 aliphatic carbocycles. The van der Waals surface area contributed by atoms with Gasteiger partial charge in [0.05, 0.1) is 5.02 Å². The number of nitrogens with zero attached hydrogens (tertiary/aromatic N) is 1. The molecule has 1 amide bonds. The number of aromatic amines is 2. The molecule has 2 rings (SSSR count). The van der Waals surface area contributed by atoms with Crippen LogP contribution in [-0.4, -0.2) is 21.1 Å². The Balaban J connectivity index is 2.11. The Hall–Kier alpha value is -1.46. The van der Waals surface area contributed by atoms with Gasteiger partial charge in [0.1, 0.15) is 10.8 Å². The molecule has 0 atom stereocenters. The number of H-pyrrole nitrogens is 2. The van der Waals surface area contributed by atoms with Crippen LogP contribution in [0.4, 0.5) is 5.82 Å². The molecule has 0 radical (unpaired) electrons. The van der Waals surface area contributed by atoms with E-state index in [4.69, 9.17) is 23.2 Å².